The second kappa shape index (κ2) is 6.52. The number of carbonyl (C=O) groups is 1. The van der Waals surface area contributed by atoms with Gasteiger partial charge in [-0.1, -0.05) is 11.6 Å². The van der Waals surface area contributed by atoms with Gasteiger partial charge >= 0.3 is 17.8 Å². The Morgan fingerprint density at radius 2 is 1.92 bits per heavy atom. The van der Waals surface area contributed by atoms with E-state index in [1.165, 1.54) is 31.2 Å². The Hall–Kier alpha value is -2.55. The summed E-state index contributed by atoms with van der Waals surface area (Å²) in [7, 11) is 0. The maximum absolute atomic E-state index is 12.4. The molecule has 0 spiro atoms. The molecule has 1 atom stereocenters. The Morgan fingerprint density at radius 1 is 1.33 bits per heavy atom. The highest BCUT2D eigenvalue weighted by atomic mass is 35.5. The molecule has 10 heteroatoms. The molecular formula is C14H11ClF3N3O3. The zero-order valence-corrected chi connectivity index (χ0v) is 12.9. The molecule has 0 saturated carbocycles. The molecule has 0 fully saturated rings. The van der Waals surface area contributed by atoms with Crippen LogP contribution in [0.3, 0.4) is 0 Å². The number of rotatable bonds is 4. The average Bonchev–Trinajstić information content (AvgIpc) is 2.81. The van der Waals surface area contributed by atoms with Gasteiger partial charge in [-0.15, -0.1) is 5.10 Å². The molecule has 1 aromatic heterocycles. The van der Waals surface area contributed by atoms with Crippen molar-refractivity contribution in [2.75, 3.05) is 0 Å². The molecule has 0 saturated heterocycles. The van der Waals surface area contributed by atoms with Crippen molar-refractivity contribution in [3.05, 3.63) is 45.8 Å². The third-order valence-corrected chi connectivity index (χ3v) is 3.32. The van der Waals surface area contributed by atoms with E-state index in [1.54, 1.807) is 0 Å². The number of hydrogen-bond acceptors (Lipinski definition) is 3. The van der Waals surface area contributed by atoms with Crippen LogP contribution in [0.1, 0.15) is 13.0 Å². The second-order valence-electron chi connectivity index (χ2n) is 4.80. The van der Waals surface area contributed by atoms with E-state index in [1.807, 2.05) is 0 Å². The Morgan fingerprint density at radius 3 is 2.42 bits per heavy atom. The van der Waals surface area contributed by atoms with E-state index in [-0.39, 0.29) is 11.9 Å². The van der Waals surface area contributed by atoms with Crippen molar-refractivity contribution in [1.29, 1.82) is 0 Å². The maximum atomic E-state index is 12.4. The van der Waals surface area contributed by atoms with Gasteiger partial charge in [0.05, 0.1) is 0 Å². The van der Waals surface area contributed by atoms with Gasteiger partial charge < -0.3 is 5.11 Å². The first kappa shape index (κ1) is 17.8. The van der Waals surface area contributed by atoms with Crippen LogP contribution in [-0.4, -0.2) is 31.6 Å². The Kier molecular flexibility index (Phi) is 4.83. The van der Waals surface area contributed by atoms with E-state index in [9.17, 15) is 22.8 Å². The van der Waals surface area contributed by atoms with Gasteiger partial charge in [0.15, 0.2) is 11.9 Å². The van der Waals surface area contributed by atoms with Gasteiger partial charge in [0.25, 0.3) is 0 Å². The number of hydrogen-bond donors (Lipinski definition) is 1. The van der Waals surface area contributed by atoms with Gasteiger partial charge in [-0.3, -0.25) is 0 Å². The molecule has 0 bridgehead atoms. The number of carboxylic acids is 1. The highest BCUT2D eigenvalue weighted by molar-refractivity contribution is 6.30. The molecule has 0 aliphatic carbocycles. The molecule has 2 aromatic rings. The number of carboxylic acid groups (broad SMARTS) is 1. The molecule has 128 valence electrons. The summed E-state index contributed by atoms with van der Waals surface area (Å²) in [5.74, 6) is -1.48. The van der Waals surface area contributed by atoms with Gasteiger partial charge in [0.1, 0.15) is 0 Å². The maximum Gasteiger partial charge on any atom is 0.411 e. The quantitative estimate of drug-likeness (QED) is 0.908. The van der Waals surface area contributed by atoms with Gasteiger partial charge in [0, 0.05) is 22.9 Å². The lowest BCUT2D eigenvalue weighted by Gasteiger charge is -2.03. The van der Waals surface area contributed by atoms with Crippen molar-refractivity contribution in [2.24, 2.45) is 0 Å². The third-order valence-electron chi connectivity index (χ3n) is 3.07. The van der Waals surface area contributed by atoms with Crippen molar-refractivity contribution < 1.29 is 23.1 Å². The number of halogens is 4. The summed E-state index contributed by atoms with van der Waals surface area (Å²) < 4.78 is 38.5. The van der Waals surface area contributed by atoms with Crippen LogP contribution in [0, 0.1) is 0 Å². The SMILES string of the molecule is CC(C(=O)O)n1nc(-c2ccc(Cl)cc2)n(C=CC(F)(F)F)c1=O. The summed E-state index contributed by atoms with van der Waals surface area (Å²) in [6, 6.07) is 4.51. The molecular weight excluding hydrogens is 351 g/mol. The number of benzene rings is 1. The predicted molar refractivity (Wildman–Crippen MR) is 80.7 cm³/mol. The first-order valence-electron chi connectivity index (χ1n) is 6.56. The van der Waals surface area contributed by atoms with Crippen LogP contribution in [0.25, 0.3) is 17.6 Å². The normalized spacial score (nSPS) is 13.4. The van der Waals surface area contributed by atoms with Gasteiger partial charge in [-0.25, -0.2) is 14.2 Å². The van der Waals surface area contributed by atoms with Crippen molar-refractivity contribution in [1.82, 2.24) is 14.3 Å². The van der Waals surface area contributed by atoms with Crippen molar-refractivity contribution in [3.63, 3.8) is 0 Å². The predicted octanol–water partition coefficient (Wildman–Crippen LogP) is 3.04. The number of aromatic nitrogens is 3. The molecule has 0 aliphatic rings. The highest BCUT2D eigenvalue weighted by Gasteiger charge is 2.25. The molecule has 0 amide bonds. The summed E-state index contributed by atoms with van der Waals surface area (Å²) >= 11 is 5.75. The molecule has 1 N–H and O–H groups in total. The molecule has 1 unspecified atom stereocenters. The lowest BCUT2D eigenvalue weighted by atomic mass is 10.2. The summed E-state index contributed by atoms with van der Waals surface area (Å²) in [6.07, 6.45) is -4.27. The topological polar surface area (TPSA) is 77.1 Å². The third kappa shape index (κ3) is 3.85. The van der Waals surface area contributed by atoms with E-state index in [2.05, 4.69) is 5.10 Å². The van der Waals surface area contributed by atoms with Crippen LogP contribution in [-0.2, 0) is 4.79 Å². The van der Waals surface area contributed by atoms with Crippen LogP contribution < -0.4 is 5.69 Å². The Balaban J connectivity index is 2.65. The van der Waals surface area contributed by atoms with Crippen molar-refractivity contribution >= 4 is 23.8 Å². The van der Waals surface area contributed by atoms with E-state index >= 15 is 0 Å². The Labute approximate surface area is 138 Å². The molecule has 6 nitrogen and oxygen atoms in total. The summed E-state index contributed by atoms with van der Waals surface area (Å²) in [5.41, 5.74) is -0.699. The molecule has 0 radical (unpaired) electrons. The standard InChI is InChI=1S/C14H11ClF3N3O3/c1-8(12(22)23)21-13(24)20(7-6-14(16,17)18)11(19-21)9-2-4-10(15)5-3-9/h2-8H,1H3,(H,22,23). The van der Waals surface area contributed by atoms with Crippen LogP contribution in [0.5, 0.6) is 0 Å². The summed E-state index contributed by atoms with van der Waals surface area (Å²) in [6.45, 7) is 1.19. The molecule has 1 heterocycles. The largest absolute Gasteiger partial charge is 0.480 e. The fraction of sp³-hybridized carbons (Fsp3) is 0.214. The fourth-order valence-electron chi connectivity index (χ4n) is 1.84. The smallest absolute Gasteiger partial charge is 0.411 e. The van der Waals surface area contributed by atoms with Crippen LogP contribution in [0.15, 0.2) is 35.1 Å². The molecule has 1 aromatic carbocycles. The van der Waals surface area contributed by atoms with Crippen LogP contribution in [0.4, 0.5) is 13.2 Å². The highest BCUT2D eigenvalue weighted by Crippen LogP contribution is 2.21. The average molecular weight is 362 g/mol. The van der Waals surface area contributed by atoms with E-state index in [4.69, 9.17) is 16.7 Å². The number of allylic oxidation sites excluding steroid dienone is 1. The first-order valence-corrected chi connectivity index (χ1v) is 6.94. The second-order valence-corrected chi connectivity index (χ2v) is 5.24. The summed E-state index contributed by atoms with van der Waals surface area (Å²) in [4.78, 5) is 23.3. The minimum atomic E-state index is -4.64. The van der Waals surface area contributed by atoms with Gasteiger partial charge in [0.2, 0.25) is 0 Å². The first-order chi connectivity index (χ1) is 11.1. The van der Waals surface area contributed by atoms with Gasteiger partial charge in [-0.05, 0) is 31.2 Å². The minimum Gasteiger partial charge on any atom is -0.480 e. The molecule has 24 heavy (non-hydrogen) atoms. The summed E-state index contributed by atoms with van der Waals surface area (Å²) in [5, 5.41) is 13.2. The minimum absolute atomic E-state index is 0.134. The van der Waals surface area contributed by atoms with Gasteiger partial charge in [-0.2, -0.15) is 17.9 Å². The van der Waals surface area contributed by atoms with Crippen molar-refractivity contribution in [3.8, 4) is 11.4 Å². The number of nitrogens with zero attached hydrogens (tertiary/aromatic N) is 3. The number of aliphatic carboxylic acids is 1. The zero-order valence-electron chi connectivity index (χ0n) is 12.2. The molecule has 0 aliphatic heterocycles. The van der Waals surface area contributed by atoms with Crippen molar-refractivity contribution in [2.45, 2.75) is 19.1 Å². The molecule has 2 rings (SSSR count). The van der Waals surface area contributed by atoms with Crippen LogP contribution in [0.2, 0.25) is 5.02 Å². The lowest BCUT2D eigenvalue weighted by Crippen LogP contribution is -2.29. The zero-order chi connectivity index (χ0) is 18.1. The fourth-order valence-corrected chi connectivity index (χ4v) is 1.97. The lowest BCUT2D eigenvalue weighted by molar-refractivity contribution is -0.140. The Bertz CT molecular complexity index is 838. The van der Waals surface area contributed by atoms with E-state index < -0.39 is 23.9 Å². The monoisotopic (exact) mass is 361 g/mol. The van der Waals surface area contributed by atoms with E-state index in [0.717, 1.165) is 0 Å². The van der Waals surface area contributed by atoms with E-state index in [0.29, 0.717) is 26.0 Å². The number of alkyl halides is 3. The van der Waals surface area contributed by atoms with Crippen LogP contribution >= 0.6 is 11.6 Å².